The molecule has 0 saturated carbocycles. The van der Waals surface area contributed by atoms with Crippen LogP contribution in [-0.4, -0.2) is 35.7 Å². The smallest absolute Gasteiger partial charge is 0.416 e. The van der Waals surface area contributed by atoms with Crippen LogP contribution >= 0.6 is 23.2 Å². The molecule has 1 amide bonds. The standard InChI is InChI=1S/C27H27Cl2N3O3/c28-18-4-9-21(10-5-18)35-27(33)32-14-12-22-23-16-19(29)6-11-24(23)31-25(22)26(32)17-2-7-20(8-3-17)34-15-1-13-30/h2,4-7,9-11,16,26,31H,1,3,8,12-15,30H2. The van der Waals surface area contributed by atoms with Crippen LogP contribution in [0.1, 0.15) is 36.6 Å². The van der Waals surface area contributed by atoms with E-state index in [9.17, 15) is 4.79 Å². The zero-order chi connectivity index (χ0) is 24.4. The number of nitrogens with two attached hydrogens (primary N) is 1. The summed E-state index contributed by atoms with van der Waals surface area (Å²) in [7, 11) is 0. The highest BCUT2D eigenvalue weighted by Gasteiger charge is 2.37. The molecule has 1 aliphatic carbocycles. The van der Waals surface area contributed by atoms with Crippen molar-refractivity contribution in [3.8, 4) is 5.75 Å². The molecule has 35 heavy (non-hydrogen) atoms. The summed E-state index contributed by atoms with van der Waals surface area (Å²) in [6.07, 6.45) is 6.76. The van der Waals surface area contributed by atoms with Gasteiger partial charge in [-0.3, -0.25) is 4.90 Å². The monoisotopic (exact) mass is 511 g/mol. The molecule has 0 radical (unpaired) electrons. The van der Waals surface area contributed by atoms with Crippen molar-refractivity contribution < 1.29 is 14.3 Å². The number of benzene rings is 2. The fourth-order valence-electron chi connectivity index (χ4n) is 4.77. The SMILES string of the molecule is NCCCOC1=CC=C(C2c3[nH]c4ccc(Cl)cc4c3CCN2C(=O)Oc2ccc(Cl)cc2)CC1. The molecular formula is C27H27Cl2N3O3. The minimum absolute atomic E-state index is 0.272. The molecule has 8 heteroatoms. The molecule has 2 aromatic carbocycles. The lowest BCUT2D eigenvalue weighted by atomic mass is 9.88. The molecule has 3 N–H and O–H groups in total. The van der Waals surface area contributed by atoms with E-state index in [-0.39, 0.29) is 6.04 Å². The summed E-state index contributed by atoms with van der Waals surface area (Å²) in [6, 6.07) is 12.4. The number of aromatic amines is 1. The molecule has 1 aromatic heterocycles. The van der Waals surface area contributed by atoms with Crippen LogP contribution in [0.25, 0.3) is 10.9 Å². The van der Waals surface area contributed by atoms with Crippen molar-refractivity contribution in [2.45, 2.75) is 31.7 Å². The highest BCUT2D eigenvalue weighted by molar-refractivity contribution is 6.31. The summed E-state index contributed by atoms with van der Waals surface area (Å²) in [5, 5.41) is 2.38. The summed E-state index contributed by atoms with van der Waals surface area (Å²) in [5.41, 5.74) is 9.91. The van der Waals surface area contributed by atoms with Crippen molar-refractivity contribution in [3.05, 3.63) is 87.3 Å². The maximum Gasteiger partial charge on any atom is 0.416 e. The Bertz CT molecular complexity index is 1300. The van der Waals surface area contributed by atoms with Crippen LogP contribution < -0.4 is 10.5 Å². The van der Waals surface area contributed by atoms with Crippen LogP contribution in [0.4, 0.5) is 4.79 Å². The van der Waals surface area contributed by atoms with E-state index in [0.29, 0.717) is 41.9 Å². The number of fused-ring (bicyclic) bond motifs is 3. The Labute approximate surface area is 214 Å². The second-order valence-electron chi connectivity index (χ2n) is 8.74. The largest absolute Gasteiger partial charge is 0.498 e. The molecule has 0 spiro atoms. The van der Waals surface area contributed by atoms with Crippen LogP contribution in [0, 0.1) is 0 Å². The van der Waals surface area contributed by atoms with Crippen molar-refractivity contribution in [3.63, 3.8) is 0 Å². The number of allylic oxidation sites excluding steroid dienone is 3. The van der Waals surface area contributed by atoms with E-state index in [1.165, 1.54) is 5.56 Å². The number of ether oxygens (including phenoxy) is 2. The molecule has 0 fully saturated rings. The zero-order valence-electron chi connectivity index (χ0n) is 19.2. The van der Waals surface area contributed by atoms with Gasteiger partial charge in [0.05, 0.1) is 18.4 Å². The minimum atomic E-state index is -0.394. The maximum absolute atomic E-state index is 13.4. The number of carbonyl (C=O) groups excluding carboxylic acids is 1. The number of nitrogens with zero attached hydrogens (tertiary/aromatic N) is 1. The molecule has 2 aliphatic rings. The molecule has 5 rings (SSSR count). The fourth-order valence-corrected chi connectivity index (χ4v) is 5.07. The Morgan fingerprint density at radius 2 is 1.86 bits per heavy atom. The topological polar surface area (TPSA) is 80.6 Å². The van der Waals surface area contributed by atoms with Gasteiger partial charge < -0.3 is 20.2 Å². The van der Waals surface area contributed by atoms with Crippen LogP contribution in [0.15, 0.2) is 65.9 Å². The van der Waals surface area contributed by atoms with Crippen molar-refractivity contribution in [1.29, 1.82) is 0 Å². The molecule has 1 aliphatic heterocycles. The predicted molar refractivity (Wildman–Crippen MR) is 139 cm³/mol. The molecule has 0 bridgehead atoms. The fraction of sp³-hybridized carbons (Fsp3) is 0.296. The number of amides is 1. The lowest BCUT2D eigenvalue weighted by Crippen LogP contribution is -2.42. The summed E-state index contributed by atoms with van der Waals surface area (Å²) in [5.74, 6) is 1.40. The Morgan fingerprint density at radius 3 is 2.60 bits per heavy atom. The van der Waals surface area contributed by atoms with E-state index in [2.05, 4.69) is 11.1 Å². The van der Waals surface area contributed by atoms with Crippen LogP contribution in [-0.2, 0) is 11.2 Å². The average molecular weight is 512 g/mol. The molecular weight excluding hydrogens is 485 g/mol. The summed E-state index contributed by atoms with van der Waals surface area (Å²) >= 11 is 12.3. The van der Waals surface area contributed by atoms with Crippen molar-refractivity contribution in [2.24, 2.45) is 5.73 Å². The maximum atomic E-state index is 13.4. The number of H-pyrrole nitrogens is 1. The molecule has 2 heterocycles. The second-order valence-corrected chi connectivity index (χ2v) is 9.61. The number of aromatic nitrogens is 1. The van der Waals surface area contributed by atoms with Gasteiger partial charge in [0, 0.05) is 39.6 Å². The van der Waals surface area contributed by atoms with Crippen molar-refractivity contribution >= 4 is 40.2 Å². The van der Waals surface area contributed by atoms with Gasteiger partial charge in [-0.15, -0.1) is 0 Å². The quantitative estimate of drug-likeness (QED) is 0.368. The van der Waals surface area contributed by atoms with Gasteiger partial charge in [-0.05, 0) is 85.5 Å². The Balaban J connectivity index is 1.49. The first-order valence-corrected chi connectivity index (χ1v) is 12.6. The molecule has 1 unspecified atom stereocenters. The van der Waals surface area contributed by atoms with Gasteiger partial charge in [0.1, 0.15) is 5.75 Å². The molecule has 1 atom stereocenters. The number of hydrogen-bond donors (Lipinski definition) is 2. The first-order chi connectivity index (χ1) is 17.0. The summed E-state index contributed by atoms with van der Waals surface area (Å²) in [6.45, 7) is 1.75. The molecule has 182 valence electrons. The number of nitrogens with one attached hydrogen (secondary N) is 1. The molecule has 3 aromatic rings. The van der Waals surface area contributed by atoms with Gasteiger partial charge >= 0.3 is 6.09 Å². The van der Waals surface area contributed by atoms with Gasteiger partial charge in [0.25, 0.3) is 0 Å². The van der Waals surface area contributed by atoms with Crippen molar-refractivity contribution in [1.82, 2.24) is 9.88 Å². The highest BCUT2D eigenvalue weighted by atomic mass is 35.5. The predicted octanol–water partition coefficient (Wildman–Crippen LogP) is 6.54. The lowest BCUT2D eigenvalue weighted by Gasteiger charge is -2.37. The average Bonchev–Trinajstić information content (AvgIpc) is 3.23. The number of halogens is 2. The first-order valence-electron chi connectivity index (χ1n) is 11.8. The zero-order valence-corrected chi connectivity index (χ0v) is 20.7. The third-order valence-corrected chi connectivity index (χ3v) is 6.96. The Hall–Kier alpha value is -2.93. The van der Waals surface area contributed by atoms with Crippen LogP contribution in [0.5, 0.6) is 5.75 Å². The van der Waals surface area contributed by atoms with E-state index in [1.807, 2.05) is 24.3 Å². The number of hydrogen-bond acceptors (Lipinski definition) is 4. The van der Waals surface area contributed by atoms with E-state index >= 15 is 0 Å². The third kappa shape index (κ3) is 5.06. The normalized spacial score (nSPS) is 17.6. The van der Waals surface area contributed by atoms with Crippen LogP contribution in [0.2, 0.25) is 10.0 Å². The molecule has 0 saturated heterocycles. The minimum Gasteiger partial charge on any atom is -0.498 e. The second kappa shape index (κ2) is 10.4. The van der Waals surface area contributed by atoms with Crippen molar-refractivity contribution in [2.75, 3.05) is 19.7 Å². The van der Waals surface area contributed by atoms with E-state index in [1.54, 1.807) is 29.2 Å². The number of carbonyl (C=O) groups is 1. The summed E-state index contributed by atoms with van der Waals surface area (Å²) < 4.78 is 11.6. The van der Waals surface area contributed by atoms with Gasteiger partial charge in [0.15, 0.2) is 0 Å². The van der Waals surface area contributed by atoms with E-state index in [4.69, 9.17) is 38.4 Å². The van der Waals surface area contributed by atoms with E-state index in [0.717, 1.165) is 47.2 Å². The third-order valence-electron chi connectivity index (χ3n) is 6.47. The van der Waals surface area contributed by atoms with Gasteiger partial charge in [-0.1, -0.05) is 29.3 Å². The Kier molecular flexibility index (Phi) is 7.04. The van der Waals surface area contributed by atoms with Gasteiger partial charge in [-0.2, -0.15) is 0 Å². The van der Waals surface area contributed by atoms with Crippen LogP contribution in [0.3, 0.4) is 0 Å². The van der Waals surface area contributed by atoms with Gasteiger partial charge in [0.2, 0.25) is 0 Å². The highest BCUT2D eigenvalue weighted by Crippen LogP contribution is 2.42. The lowest BCUT2D eigenvalue weighted by molar-refractivity contribution is 0.132. The van der Waals surface area contributed by atoms with Gasteiger partial charge in [-0.25, -0.2) is 4.79 Å². The van der Waals surface area contributed by atoms with E-state index < -0.39 is 6.09 Å². The first kappa shape index (κ1) is 23.8. The number of rotatable bonds is 6. The summed E-state index contributed by atoms with van der Waals surface area (Å²) in [4.78, 5) is 18.7. The Morgan fingerprint density at radius 1 is 1.06 bits per heavy atom. The molecule has 6 nitrogen and oxygen atoms in total.